The van der Waals surface area contributed by atoms with Gasteiger partial charge < -0.3 is 9.47 Å². The van der Waals surface area contributed by atoms with Crippen molar-refractivity contribution in [3.63, 3.8) is 0 Å². The number of hydrogen-bond donors (Lipinski definition) is 0. The topological polar surface area (TPSA) is 42.2 Å². The predicted octanol–water partition coefficient (Wildman–Crippen LogP) is 3.20. The SMILES string of the molecule is COC1CCCC(Oc2cc(C#N)ccc2C)C1. The summed E-state index contributed by atoms with van der Waals surface area (Å²) < 4.78 is 11.4. The van der Waals surface area contributed by atoms with Crippen molar-refractivity contribution < 1.29 is 9.47 Å². The molecule has 1 saturated carbocycles. The third-order valence-electron chi connectivity index (χ3n) is 3.52. The van der Waals surface area contributed by atoms with E-state index in [4.69, 9.17) is 14.7 Å². The zero-order chi connectivity index (χ0) is 13.0. The van der Waals surface area contributed by atoms with Crippen LogP contribution in [-0.4, -0.2) is 19.3 Å². The lowest BCUT2D eigenvalue weighted by Crippen LogP contribution is -2.29. The molecule has 0 amide bonds. The molecular formula is C15H19NO2. The molecular weight excluding hydrogens is 226 g/mol. The zero-order valence-electron chi connectivity index (χ0n) is 11.0. The second-order valence-corrected chi connectivity index (χ2v) is 4.86. The Hall–Kier alpha value is -1.53. The Morgan fingerprint density at radius 3 is 2.78 bits per heavy atom. The normalized spacial score (nSPS) is 23.4. The molecule has 0 saturated heterocycles. The molecule has 1 aliphatic rings. The summed E-state index contributed by atoms with van der Waals surface area (Å²) in [7, 11) is 1.76. The molecule has 0 aliphatic heterocycles. The van der Waals surface area contributed by atoms with Gasteiger partial charge in [0.2, 0.25) is 0 Å². The monoisotopic (exact) mass is 245 g/mol. The Labute approximate surface area is 108 Å². The molecule has 18 heavy (non-hydrogen) atoms. The van der Waals surface area contributed by atoms with Gasteiger partial charge in [0.05, 0.1) is 17.7 Å². The van der Waals surface area contributed by atoms with Gasteiger partial charge in [0.25, 0.3) is 0 Å². The van der Waals surface area contributed by atoms with Crippen LogP contribution in [-0.2, 0) is 4.74 Å². The van der Waals surface area contributed by atoms with Crippen LogP contribution in [0.25, 0.3) is 0 Å². The molecule has 3 heteroatoms. The molecule has 0 bridgehead atoms. The van der Waals surface area contributed by atoms with Gasteiger partial charge in [-0.05, 0) is 43.9 Å². The van der Waals surface area contributed by atoms with Crippen molar-refractivity contribution in [2.24, 2.45) is 0 Å². The highest BCUT2D eigenvalue weighted by molar-refractivity contribution is 5.41. The maximum absolute atomic E-state index is 8.91. The lowest BCUT2D eigenvalue weighted by Gasteiger charge is -2.29. The van der Waals surface area contributed by atoms with E-state index in [0.717, 1.165) is 37.0 Å². The third-order valence-corrected chi connectivity index (χ3v) is 3.52. The van der Waals surface area contributed by atoms with E-state index < -0.39 is 0 Å². The first-order valence-electron chi connectivity index (χ1n) is 6.43. The van der Waals surface area contributed by atoms with Crippen LogP contribution >= 0.6 is 0 Å². The fourth-order valence-electron chi connectivity index (χ4n) is 2.40. The minimum Gasteiger partial charge on any atom is -0.490 e. The zero-order valence-corrected chi connectivity index (χ0v) is 11.0. The lowest BCUT2D eigenvalue weighted by atomic mass is 9.95. The molecule has 2 unspecified atom stereocenters. The number of benzene rings is 1. The summed E-state index contributed by atoms with van der Waals surface area (Å²) in [5.41, 5.74) is 1.73. The molecule has 1 aromatic carbocycles. The van der Waals surface area contributed by atoms with Crippen molar-refractivity contribution in [1.82, 2.24) is 0 Å². The van der Waals surface area contributed by atoms with Crippen molar-refractivity contribution in [3.8, 4) is 11.8 Å². The summed E-state index contributed by atoms with van der Waals surface area (Å²) in [6, 6.07) is 7.73. The molecule has 2 rings (SSSR count). The lowest BCUT2D eigenvalue weighted by molar-refractivity contribution is 0.0207. The highest BCUT2D eigenvalue weighted by Crippen LogP contribution is 2.27. The van der Waals surface area contributed by atoms with Crippen LogP contribution in [0.5, 0.6) is 5.75 Å². The molecule has 0 radical (unpaired) electrons. The number of hydrogen-bond acceptors (Lipinski definition) is 3. The summed E-state index contributed by atoms with van der Waals surface area (Å²) in [4.78, 5) is 0. The van der Waals surface area contributed by atoms with Gasteiger partial charge >= 0.3 is 0 Å². The number of nitriles is 1. The van der Waals surface area contributed by atoms with Crippen LogP contribution in [0.3, 0.4) is 0 Å². The summed E-state index contributed by atoms with van der Waals surface area (Å²) in [5, 5.41) is 8.91. The van der Waals surface area contributed by atoms with Crippen LogP contribution in [0.4, 0.5) is 0 Å². The van der Waals surface area contributed by atoms with Gasteiger partial charge in [-0.3, -0.25) is 0 Å². The number of nitrogens with zero attached hydrogens (tertiary/aromatic N) is 1. The van der Waals surface area contributed by atoms with Crippen LogP contribution in [0.2, 0.25) is 0 Å². The average molecular weight is 245 g/mol. The van der Waals surface area contributed by atoms with Crippen molar-refractivity contribution in [3.05, 3.63) is 29.3 Å². The van der Waals surface area contributed by atoms with Crippen LogP contribution in [0.15, 0.2) is 18.2 Å². The number of rotatable bonds is 3. The van der Waals surface area contributed by atoms with Gasteiger partial charge in [-0.15, -0.1) is 0 Å². The second-order valence-electron chi connectivity index (χ2n) is 4.86. The molecule has 3 nitrogen and oxygen atoms in total. The Bertz CT molecular complexity index is 450. The molecule has 0 spiro atoms. The Kier molecular flexibility index (Phi) is 4.22. The molecule has 96 valence electrons. The quantitative estimate of drug-likeness (QED) is 0.821. The summed E-state index contributed by atoms with van der Waals surface area (Å²) in [6.45, 7) is 2.01. The maximum Gasteiger partial charge on any atom is 0.123 e. The molecule has 1 aliphatic carbocycles. The highest BCUT2D eigenvalue weighted by atomic mass is 16.5. The number of ether oxygens (including phenoxy) is 2. The molecule has 0 N–H and O–H groups in total. The highest BCUT2D eigenvalue weighted by Gasteiger charge is 2.23. The minimum absolute atomic E-state index is 0.205. The number of aryl methyl sites for hydroxylation is 1. The molecule has 0 aromatic heterocycles. The average Bonchev–Trinajstić information content (AvgIpc) is 2.41. The molecule has 1 aromatic rings. The van der Waals surface area contributed by atoms with Gasteiger partial charge in [0, 0.05) is 13.5 Å². The fourth-order valence-corrected chi connectivity index (χ4v) is 2.40. The van der Waals surface area contributed by atoms with E-state index >= 15 is 0 Å². The Balaban J connectivity index is 2.07. The Morgan fingerprint density at radius 1 is 1.28 bits per heavy atom. The van der Waals surface area contributed by atoms with E-state index in [-0.39, 0.29) is 6.10 Å². The number of methoxy groups -OCH3 is 1. The standard InChI is InChI=1S/C15H19NO2/c1-11-6-7-12(10-16)8-15(11)18-14-5-3-4-13(9-14)17-2/h6-8,13-14H,3-5,9H2,1-2H3. The Morgan fingerprint density at radius 2 is 2.06 bits per heavy atom. The van der Waals surface area contributed by atoms with Gasteiger partial charge in [-0.2, -0.15) is 5.26 Å². The van der Waals surface area contributed by atoms with Crippen LogP contribution < -0.4 is 4.74 Å². The van der Waals surface area contributed by atoms with E-state index in [9.17, 15) is 0 Å². The molecule has 2 atom stereocenters. The first-order valence-corrected chi connectivity index (χ1v) is 6.43. The van der Waals surface area contributed by atoms with Crippen molar-refractivity contribution in [2.75, 3.05) is 7.11 Å². The molecule has 1 fully saturated rings. The van der Waals surface area contributed by atoms with E-state index in [1.54, 1.807) is 7.11 Å². The van der Waals surface area contributed by atoms with Crippen LogP contribution in [0.1, 0.15) is 36.8 Å². The first-order chi connectivity index (χ1) is 8.72. The van der Waals surface area contributed by atoms with Gasteiger partial charge in [0.1, 0.15) is 11.9 Å². The van der Waals surface area contributed by atoms with E-state index in [0.29, 0.717) is 11.7 Å². The van der Waals surface area contributed by atoms with Gasteiger partial charge in [0.15, 0.2) is 0 Å². The van der Waals surface area contributed by atoms with Crippen molar-refractivity contribution in [1.29, 1.82) is 5.26 Å². The largest absolute Gasteiger partial charge is 0.490 e. The minimum atomic E-state index is 0.205. The van der Waals surface area contributed by atoms with Gasteiger partial charge in [-0.25, -0.2) is 0 Å². The van der Waals surface area contributed by atoms with Crippen molar-refractivity contribution in [2.45, 2.75) is 44.8 Å². The predicted molar refractivity (Wildman–Crippen MR) is 69.6 cm³/mol. The first kappa shape index (κ1) is 12.9. The fraction of sp³-hybridized carbons (Fsp3) is 0.533. The van der Waals surface area contributed by atoms with E-state index in [1.807, 2.05) is 25.1 Å². The second kappa shape index (κ2) is 5.88. The van der Waals surface area contributed by atoms with Gasteiger partial charge in [-0.1, -0.05) is 6.07 Å². The third kappa shape index (κ3) is 3.02. The molecule has 0 heterocycles. The smallest absolute Gasteiger partial charge is 0.123 e. The van der Waals surface area contributed by atoms with Crippen molar-refractivity contribution >= 4 is 0 Å². The van der Waals surface area contributed by atoms with Crippen LogP contribution in [0, 0.1) is 18.3 Å². The maximum atomic E-state index is 8.91. The summed E-state index contributed by atoms with van der Waals surface area (Å²) in [5.74, 6) is 0.829. The summed E-state index contributed by atoms with van der Waals surface area (Å²) in [6.07, 6.45) is 4.77. The van der Waals surface area contributed by atoms with E-state index in [2.05, 4.69) is 6.07 Å². The summed E-state index contributed by atoms with van der Waals surface area (Å²) >= 11 is 0. The van der Waals surface area contributed by atoms with E-state index in [1.165, 1.54) is 0 Å².